The molecular formula is C22H28N4O2S. The van der Waals surface area contributed by atoms with Crippen LogP contribution in [0.15, 0.2) is 23.4 Å². The van der Waals surface area contributed by atoms with Crippen LogP contribution in [0.3, 0.4) is 0 Å². The molecule has 0 bridgehead atoms. The van der Waals surface area contributed by atoms with E-state index >= 15 is 0 Å². The normalized spacial score (nSPS) is 14.5. The summed E-state index contributed by atoms with van der Waals surface area (Å²) in [6.07, 6.45) is 5.09. The summed E-state index contributed by atoms with van der Waals surface area (Å²) in [6, 6.07) is 8.07. The summed E-state index contributed by atoms with van der Waals surface area (Å²) in [5.41, 5.74) is 1.98. The minimum absolute atomic E-state index is 0.515. The second-order valence-corrected chi connectivity index (χ2v) is 8.03. The molecule has 0 N–H and O–H groups in total. The monoisotopic (exact) mass is 412 g/mol. The molecule has 0 aliphatic carbocycles. The van der Waals surface area contributed by atoms with Gasteiger partial charge in [0, 0.05) is 18.7 Å². The van der Waals surface area contributed by atoms with Gasteiger partial charge in [-0.2, -0.15) is 5.26 Å². The Morgan fingerprint density at radius 3 is 2.62 bits per heavy atom. The molecule has 6 nitrogen and oxygen atoms in total. The lowest BCUT2D eigenvalue weighted by Gasteiger charge is -2.32. The molecule has 0 unspecified atom stereocenters. The van der Waals surface area contributed by atoms with E-state index in [-0.39, 0.29) is 0 Å². The molecule has 1 aromatic carbocycles. The molecule has 29 heavy (non-hydrogen) atoms. The lowest BCUT2D eigenvalue weighted by atomic mass is 9.98. The van der Waals surface area contributed by atoms with Crippen LogP contribution in [0.2, 0.25) is 0 Å². The molecule has 1 fully saturated rings. The molecule has 1 aromatic heterocycles. The van der Waals surface area contributed by atoms with E-state index in [4.69, 9.17) is 14.5 Å². The number of anilines is 1. The molecule has 0 spiro atoms. The SMILES string of the molecule is CCCOc1ccc(-c2nc(SC)nc(N3CCC(C)CC3)c2C#N)cc1OC. The first-order chi connectivity index (χ1) is 14.1. The van der Waals surface area contributed by atoms with Gasteiger partial charge in [0.15, 0.2) is 22.5 Å². The quantitative estimate of drug-likeness (QED) is 0.479. The fraction of sp³-hybridized carbons (Fsp3) is 0.500. The van der Waals surface area contributed by atoms with Crippen LogP contribution in [0.5, 0.6) is 11.5 Å². The molecule has 1 aliphatic heterocycles. The molecule has 3 rings (SSSR count). The Morgan fingerprint density at radius 1 is 1.24 bits per heavy atom. The zero-order chi connectivity index (χ0) is 20.8. The Bertz CT molecular complexity index is 889. The van der Waals surface area contributed by atoms with E-state index in [1.54, 1.807) is 7.11 Å². The first-order valence-electron chi connectivity index (χ1n) is 10.0. The summed E-state index contributed by atoms with van der Waals surface area (Å²) in [6.45, 7) is 6.78. The van der Waals surface area contributed by atoms with Crippen molar-refractivity contribution >= 4 is 17.6 Å². The number of nitriles is 1. The number of thioether (sulfide) groups is 1. The first kappa shape index (κ1) is 21.3. The predicted molar refractivity (Wildman–Crippen MR) is 117 cm³/mol. The highest BCUT2D eigenvalue weighted by molar-refractivity contribution is 7.98. The van der Waals surface area contributed by atoms with Gasteiger partial charge in [-0.25, -0.2) is 9.97 Å². The smallest absolute Gasteiger partial charge is 0.189 e. The number of rotatable bonds is 7. The maximum Gasteiger partial charge on any atom is 0.189 e. The number of methoxy groups -OCH3 is 1. The second kappa shape index (κ2) is 9.84. The van der Waals surface area contributed by atoms with E-state index in [1.165, 1.54) is 11.8 Å². The van der Waals surface area contributed by atoms with Crippen LogP contribution < -0.4 is 14.4 Å². The van der Waals surface area contributed by atoms with E-state index in [1.807, 2.05) is 24.5 Å². The molecule has 2 heterocycles. The van der Waals surface area contributed by atoms with Gasteiger partial charge in [0.25, 0.3) is 0 Å². The molecule has 7 heteroatoms. The van der Waals surface area contributed by atoms with Crippen molar-refractivity contribution in [1.82, 2.24) is 9.97 Å². The van der Waals surface area contributed by atoms with Crippen molar-refractivity contribution in [1.29, 1.82) is 5.26 Å². The van der Waals surface area contributed by atoms with Gasteiger partial charge in [-0.05, 0) is 49.6 Å². The number of benzene rings is 1. The summed E-state index contributed by atoms with van der Waals surface area (Å²) < 4.78 is 11.3. The predicted octanol–water partition coefficient (Wildman–Crippen LogP) is 4.77. The van der Waals surface area contributed by atoms with Crippen LogP contribution in [-0.2, 0) is 0 Å². The van der Waals surface area contributed by atoms with Gasteiger partial charge in [-0.3, -0.25) is 0 Å². The van der Waals surface area contributed by atoms with E-state index in [0.29, 0.717) is 40.4 Å². The third kappa shape index (κ3) is 4.76. The van der Waals surface area contributed by atoms with Crippen LogP contribution in [0.4, 0.5) is 5.82 Å². The number of nitrogens with zero attached hydrogens (tertiary/aromatic N) is 4. The highest BCUT2D eigenvalue weighted by atomic mass is 32.2. The summed E-state index contributed by atoms with van der Waals surface area (Å²) >= 11 is 1.49. The average Bonchev–Trinajstić information content (AvgIpc) is 2.77. The topological polar surface area (TPSA) is 71.3 Å². The third-order valence-electron chi connectivity index (χ3n) is 5.15. The number of piperidine rings is 1. The van der Waals surface area contributed by atoms with Crippen molar-refractivity contribution in [2.45, 2.75) is 38.3 Å². The number of aromatic nitrogens is 2. The Morgan fingerprint density at radius 2 is 2.00 bits per heavy atom. The lowest BCUT2D eigenvalue weighted by molar-refractivity contribution is 0.294. The van der Waals surface area contributed by atoms with Crippen LogP contribution in [-0.4, -0.2) is 43.0 Å². The highest BCUT2D eigenvalue weighted by Crippen LogP contribution is 2.36. The molecule has 0 amide bonds. The molecular weight excluding hydrogens is 384 g/mol. The van der Waals surface area contributed by atoms with Gasteiger partial charge < -0.3 is 14.4 Å². The van der Waals surface area contributed by atoms with E-state index in [0.717, 1.165) is 43.7 Å². The molecule has 154 valence electrons. The summed E-state index contributed by atoms with van der Waals surface area (Å²) in [4.78, 5) is 11.6. The van der Waals surface area contributed by atoms with Gasteiger partial charge >= 0.3 is 0 Å². The Kier molecular flexibility index (Phi) is 7.21. The Hall–Kier alpha value is -2.46. The van der Waals surface area contributed by atoms with Crippen molar-refractivity contribution in [2.75, 3.05) is 38.0 Å². The van der Waals surface area contributed by atoms with E-state index < -0.39 is 0 Å². The summed E-state index contributed by atoms with van der Waals surface area (Å²) in [5.74, 6) is 2.77. The first-order valence-corrected chi connectivity index (χ1v) is 11.3. The molecule has 1 aliphatic rings. The van der Waals surface area contributed by atoms with Crippen molar-refractivity contribution in [3.05, 3.63) is 23.8 Å². The average molecular weight is 413 g/mol. The fourth-order valence-electron chi connectivity index (χ4n) is 3.43. The van der Waals surface area contributed by atoms with E-state index in [9.17, 15) is 5.26 Å². The minimum Gasteiger partial charge on any atom is -0.493 e. The molecule has 2 aromatic rings. The minimum atomic E-state index is 0.515. The lowest BCUT2D eigenvalue weighted by Crippen LogP contribution is -2.34. The summed E-state index contributed by atoms with van der Waals surface area (Å²) in [7, 11) is 1.62. The van der Waals surface area contributed by atoms with Crippen molar-refractivity contribution < 1.29 is 9.47 Å². The van der Waals surface area contributed by atoms with Crippen molar-refractivity contribution in [3.63, 3.8) is 0 Å². The van der Waals surface area contributed by atoms with Crippen LogP contribution in [0.25, 0.3) is 11.3 Å². The molecule has 1 saturated heterocycles. The zero-order valence-electron chi connectivity index (χ0n) is 17.6. The van der Waals surface area contributed by atoms with Crippen LogP contribution in [0, 0.1) is 17.2 Å². The van der Waals surface area contributed by atoms with Gasteiger partial charge in [0.1, 0.15) is 11.6 Å². The van der Waals surface area contributed by atoms with Crippen molar-refractivity contribution in [3.8, 4) is 28.8 Å². The highest BCUT2D eigenvalue weighted by Gasteiger charge is 2.24. The largest absolute Gasteiger partial charge is 0.493 e. The maximum absolute atomic E-state index is 9.98. The summed E-state index contributed by atoms with van der Waals surface area (Å²) in [5, 5.41) is 10.6. The third-order valence-corrected chi connectivity index (χ3v) is 5.69. The van der Waals surface area contributed by atoms with Crippen LogP contribution >= 0.6 is 11.8 Å². The van der Waals surface area contributed by atoms with Gasteiger partial charge in [0.2, 0.25) is 0 Å². The Labute approximate surface area is 177 Å². The Balaban J connectivity index is 2.07. The van der Waals surface area contributed by atoms with Crippen LogP contribution in [0.1, 0.15) is 38.7 Å². The number of hydrogen-bond donors (Lipinski definition) is 0. The van der Waals surface area contributed by atoms with Gasteiger partial charge in [0.05, 0.1) is 19.4 Å². The maximum atomic E-state index is 9.98. The van der Waals surface area contributed by atoms with Crippen molar-refractivity contribution in [2.24, 2.45) is 5.92 Å². The molecule has 0 radical (unpaired) electrons. The standard InChI is InChI=1S/C22H28N4O2S/c1-5-12-28-18-7-6-16(13-19(18)27-3)20-17(14-23)21(25-22(24-20)29-4)26-10-8-15(2)9-11-26/h6-7,13,15H,5,8-12H2,1-4H3. The number of hydrogen-bond acceptors (Lipinski definition) is 7. The second-order valence-electron chi connectivity index (χ2n) is 7.25. The van der Waals surface area contributed by atoms with Gasteiger partial charge in [-0.15, -0.1) is 0 Å². The molecule has 0 saturated carbocycles. The van der Waals surface area contributed by atoms with E-state index in [2.05, 4.69) is 29.8 Å². The number of ether oxygens (including phenoxy) is 2. The molecule has 0 atom stereocenters. The zero-order valence-corrected chi connectivity index (χ0v) is 18.4. The van der Waals surface area contributed by atoms with Gasteiger partial charge in [-0.1, -0.05) is 25.6 Å². The fourth-order valence-corrected chi connectivity index (χ4v) is 3.79.